The SMILES string of the molecule is c1ccc(N(c2ccccc2)c2ccc(-c3ccc(N(c4ccc(-c5ccc(N(c6ccccc6)c6cccc(-c7cccc(N(c8ccccc8)c8ccc(N(c9ccc(-c%10cccc%11c%10oc%10ccccc%10%11)cc9)c9ccc(N(c%10ccccc%10)c%10ccccc%10)cc9)cc8)c7)c6)cc5)cc4)c4ccc(-c5cccc6c5oc5ccccc56)cc4)cc3)cc2)cc1. The third-order valence-electron chi connectivity index (χ3n) is 24.2. The second-order valence-corrected chi connectivity index (χ2v) is 32.0. The van der Waals surface area contributed by atoms with Crippen molar-refractivity contribution in [1.29, 1.82) is 0 Å². The summed E-state index contributed by atoms with van der Waals surface area (Å²) < 4.78 is 13.1. The van der Waals surface area contributed by atoms with Gasteiger partial charge in [0.15, 0.2) is 0 Å². The van der Waals surface area contributed by atoms with Crippen LogP contribution in [0.15, 0.2) is 518 Å². The summed E-state index contributed by atoms with van der Waals surface area (Å²) in [5.74, 6) is 0. The zero-order valence-corrected chi connectivity index (χ0v) is 70.0. The van der Waals surface area contributed by atoms with E-state index in [9.17, 15) is 0 Å². The Morgan fingerprint density at radius 2 is 0.297 bits per heavy atom. The summed E-state index contributed by atoms with van der Waals surface area (Å²) in [4.78, 5) is 14.0. The molecule has 0 radical (unpaired) electrons. The molecule has 0 saturated heterocycles. The van der Waals surface area contributed by atoms with E-state index < -0.39 is 0 Å². The number of hydrogen-bond acceptors (Lipinski definition) is 8. The van der Waals surface area contributed by atoms with Gasteiger partial charge in [0.25, 0.3) is 0 Å². The van der Waals surface area contributed by atoms with E-state index in [-0.39, 0.29) is 0 Å². The van der Waals surface area contributed by atoms with Gasteiger partial charge in [-0.3, -0.25) is 0 Å². The second-order valence-electron chi connectivity index (χ2n) is 32.0. The molecule has 0 unspecified atom stereocenters. The van der Waals surface area contributed by atoms with Crippen LogP contribution in [-0.4, -0.2) is 0 Å². The van der Waals surface area contributed by atoms with Gasteiger partial charge in [-0.1, -0.05) is 279 Å². The zero-order valence-electron chi connectivity index (χ0n) is 70.0. The van der Waals surface area contributed by atoms with E-state index in [1.165, 1.54) is 0 Å². The van der Waals surface area contributed by atoms with Crippen LogP contribution in [0.5, 0.6) is 0 Å². The molecule has 2 heterocycles. The Kier molecular flexibility index (Phi) is 20.6. The van der Waals surface area contributed by atoms with Crippen molar-refractivity contribution in [2.45, 2.75) is 0 Å². The van der Waals surface area contributed by atoms with Crippen molar-refractivity contribution in [2.75, 3.05) is 29.4 Å². The van der Waals surface area contributed by atoms with Crippen molar-refractivity contribution in [3.05, 3.63) is 510 Å². The topological polar surface area (TPSA) is 45.7 Å². The Hall–Kier alpha value is -17.2. The van der Waals surface area contributed by atoms with E-state index >= 15 is 0 Å². The Morgan fingerprint density at radius 1 is 0.117 bits per heavy atom. The van der Waals surface area contributed by atoms with E-state index in [4.69, 9.17) is 8.83 Å². The van der Waals surface area contributed by atoms with Gasteiger partial charge in [0.05, 0.1) is 0 Å². The van der Waals surface area contributed by atoms with Gasteiger partial charge >= 0.3 is 0 Å². The highest BCUT2D eigenvalue weighted by atomic mass is 16.3. The first-order valence-corrected chi connectivity index (χ1v) is 43.4. The Morgan fingerprint density at radius 3 is 0.547 bits per heavy atom. The fraction of sp³-hybridized carbons (Fsp3) is 0. The molecule has 8 heteroatoms. The van der Waals surface area contributed by atoms with Crippen LogP contribution in [0, 0.1) is 0 Å². The zero-order chi connectivity index (χ0) is 85.1. The molecule has 22 aromatic rings. The molecule has 0 spiro atoms. The monoisotopic (exact) mass is 1640 g/mol. The molecule has 0 fully saturated rings. The average molecular weight is 1640 g/mol. The first kappa shape index (κ1) is 76.9. The van der Waals surface area contributed by atoms with Crippen LogP contribution in [0.4, 0.5) is 102 Å². The predicted octanol–water partition coefficient (Wildman–Crippen LogP) is 34.6. The maximum absolute atomic E-state index is 6.57. The molecule has 0 bridgehead atoms. The molecule has 0 amide bonds. The first-order valence-electron chi connectivity index (χ1n) is 43.4. The molecule has 128 heavy (non-hydrogen) atoms. The van der Waals surface area contributed by atoms with Gasteiger partial charge < -0.3 is 38.2 Å². The number of benzene rings is 20. The maximum Gasteiger partial charge on any atom is 0.143 e. The fourth-order valence-corrected chi connectivity index (χ4v) is 18.0. The van der Waals surface area contributed by atoms with Gasteiger partial charge in [0.1, 0.15) is 22.3 Å². The highest BCUT2D eigenvalue weighted by Gasteiger charge is 2.24. The lowest BCUT2D eigenvalue weighted by atomic mass is 10.0. The van der Waals surface area contributed by atoms with E-state index in [2.05, 4.69) is 515 Å². The number of rotatable bonds is 23. The molecular weight excluding hydrogens is 1560 g/mol. The van der Waals surface area contributed by atoms with E-state index in [0.29, 0.717) is 0 Å². The van der Waals surface area contributed by atoms with Crippen molar-refractivity contribution >= 4 is 146 Å². The molecule has 0 atom stereocenters. The van der Waals surface area contributed by atoms with Gasteiger partial charge in [0, 0.05) is 135 Å². The Labute approximate surface area is 744 Å². The minimum absolute atomic E-state index is 0.880. The predicted molar refractivity (Wildman–Crippen MR) is 536 cm³/mol. The molecule has 606 valence electrons. The number of para-hydroxylation sites is 10. The standard InChI is InChI=1S/C120H84N6O2/c1-7-29-93(30-8-1)121(94-31-9-2-10-32-94)99-63-51-85(52-64-99)86-53-65-100(66-54-86)123(102-71-59-89(60-72-102)111-45-25-47-115-113-43-19-21-49-117(113)127-119(111)115)101-67-55-87(56-68-101)88-57-69-104(70-58-88)125(97-37-15-5-16-38-97)109-41-23-27-91(83-109)92-28-24-42-110(84-92)126(98-39-17-6-18-40-98)108-81-79-107(80-82-108)124(106-77-75-105(76-78-106)122(95-33-11-3-12-34-95)96-35-13-4-14-36-96)103-73-61-90(62-74-103)112-46-26-48-116-114-44-20-22-50-118(114)128-120(112)116/h1-84H. The average Bonchev–Trinajstić information content (AvgIpc) is 1.68. The Balaban J connectivity index is 0.558. The van der Waals surface area contributed by atoms with Gasteiger partial charge in [-0.2, -0.15) is 0 Å². The van der Waals surface area contributed by atoms with Crippen LogP contribution in [-0.2, 0) is 0 Å². The first-order chi connectivity index (χ1) is 63.5. The van der Waals surface area contributed by atoms with Gasteiger partial charge in [-0.05, 0) is 275 Å². The Bertz CT molecular complexity index is 7530. The summed E-state index contributed by atoms with van der Waals surface area (Å²) in [6.45, 7) is 0. The van der Waals surface area contributed by atoms with Crippen LogP contribution in [0.3, 0.4) is 0 Å². The van der Waals surface area contributed by atoms with Crippen molar-refractivity contribution in [2.24, 2.45) is 0 Å². The van der Waals surface area contributed by atoms with Gasteiger partial charge in [0.2, 0.25) is 0 Å². The minimum Gasteiger partial charge on any atom is -0.455 e. The van der Waals surface area contributed by atoms with Crippen LogP contribution < -0.4 is 29.4 Å². The lowest BCUT2D eigenvalue weighted by Crippen LogP contribution is -2.13. The summed E-state index contributed by atoms with van der Waals surface area (Å²) in [6.07, 6.45) is 0. The van der Waals surface area contributed by atoms with Crippen LogP contribution in [0.2, 0.25) is 0 Å². The lowest BCUT2D eigenvalue weighted by Gasteiger charge is -2.29. The van der Waals surface area contributed by atoms with Crippen molar-refractivity contribution in [3.8, 4) is 55.6 Å². The third-order valence-corrected chi connectivity index (χ3v) is 24.2. The fourth-order valence-electron chi connectivity index (χ4n) is 18.0. The molecule has 0 aliphatic rings. The summed E-state index contributed by atoms with van der Waals surface area (Å²) in [5.41, 5.74) is 33.3. The molecular formula is C120H84N6O2. The molecule has 20 aromatic carbocycles. The lowest BCUT2D eigenvalue weighted by molar-refractivity contribution is 0.669. The smallest absolute Gasteiger partial charge is 0.143 e. The van der Waals surface area contributed by atoms with Crippen LogP contribution in [0.25, 0.3) is 99.5 Å². The van der Waals surface area contributed by atoms with Crippen molar-refractivity contribution in [3.63, 3.8) is 0 Å². The summed E-state index contributed by atoms with van der Waals surface area (Å²) in [6, 6.07) is 182. The summed E-state index contributed by atoms with van der Waals surface area (Å²) in [5, 5.41) is 4.44. The highest BCUT2D eigenvalue weighted by Crippen LogP contribution is 2.48. The van der Waals surface area contributed by atoms with E-state index in [0.717, 1.165) is 202 Å². The van der Waals surface area contributed by atoms with E-state index in [1.807, 2.05) is 24.3 Å². The van der Waals surface area contributed by atoms with Crippen molar-refractivity contribution < 1.29 is 8.83 Å². The molecule has 0 aliphatic heterocycles. The molecule has 2 aromatic heterocycles. The molecule has 22 rings (SSSR count). The number of hydrogen-bond donors (Lipinski definition) is 0. The third kappa shape index (κ3) is 15.2. The highest BCUT2D eigenvalue weighted by molar-refractivity contribution is 6.11. The van der Waals surface area contributed by atoms with Crippen LogP contribution >= 0.6 is 0 Å². The number of furan rings is 2. The van der Waals surface area contributed by atoms with Gasteiger partial charge in [-0.15, -0.1) is 0 Å². The summed E-state index contributed by atoms with van der Waals surface area (Å²) >= 11 is 0. The van der Waals surface area contributed by atoms with Crippen molar-refractivity contribution in [1.82, 2.24) is 0 Å². The molecule has 0 aliphatic carbocycles. The largest absolute Gasteiger partial charge is 0.455 e. The van der Waals surface area contributed by atoms with Gasteiger partial charge in [-0.25, -0.2) is 0 Å². The number of fused-ring (bicyclic) bond motifs is 6. The molecule has 0 saturated carbocycles. The minimum atomic E-state index is 0.880. The second kappa shape index (κ2) is 34.3. The normalized spacial score (nSPS) is 11.3. The van der Waals surface area contributed by atoms with Crippen LogP contribution in [0.1, 0.15) is 0 Å². The summed E-state index contributed by atoms with van der Waals surface area (Å²) in [7, 11) is 0. The molecule has 8 nitrogen and oxygen atoms in total. The quantitative estimate of drug-likeness (QED) is 0.0628. The maximum atomic E-state index is 6.57. The molecule has 0 N–H and O–H groups in total. The van der Waals surface area contributed by atoms with E-state index in [1.54, 1.807) is 0 Å². The number of anilines is 18. The number of nitrogens with zero attached hydrogens (tertiary/aromatic N) is 6.